The quantitative estimate of drug-likeness (QED) is 0.869. The van der Waals surface area contributed by atoms with E-state index < -0.39 is 0 Å². The molecule has 0 bridgehead atoms. The first kappa shape index (κ1) is 12.5. The van der Waals surface area contributed by atoms with Crippen LogP contribution >= 0.6 is 0 Å². The number of rotatable bonds is 3. The first-order valence-electron chi connectivity index (χ1n) is 6.47. The van der Waals surface area contributed by atoms with Crippen molar-refractivity contribution in [2.45, 2.75) is 58.7 Å². The molecule has 1 aliphatic rings. The first-order valence-corrected chi connectivity index (χ1v) is 6.47. The van der Waals surface area contributed by atoms with E-state index in [1.807, 2.05) is 19.2 Å². The second-order valence-corrected chi connectivity index (χ2v) is 4.97. The van der Waals surface area contributed by atoms with E-state index in [1.165, 1.54) is 19.3 Å². The Morgan fingerprint density at radius 1 is 1.35 bits per heavy atom. The van der Waals surface area contributed by atoms with Crippen molar-refractivity contribution in [2.75, 3.05) is 0 Å². The Labute approximate surface area is 103 Å². The van der Waals surface area contributed by atoms with Gasteiger partial charge >= 0.3 is 0 Å². The summed E-state index contributed by atoms with van der Waals surface area (Å²) in [5.74, 6) is 0.837. The van der Waals surface area contributed by atoms with Crippen molar-refractivity contribution in [3.63, 3.8) is 0 Å². The minimum absolute atomic E-state index is 0.613. The molecule has 94 valence electrons. The summed E-state index contributed by atoms with van der Waals surface area (Å²) < 4.78 is 0. The zero-order chi connectivity index (χ0) is 12.3. The molecule has 0 spiro atoms. The fourth-order valence-corrected chi connectivity index (χ4v) is 2.51. The molecule has 4 nitrogen and oxygen atoms in total. The van der Waals surface area contributed by atoms with Crippen LogP contribution in [0.4, 0.5) is 0 Å². The number of aromatic nitrogens is 2. The smallest absolute Gasteiger partial charge is 0.125 e. The Morgan fingerprint density at radius 2 is 2.06 bits per heavy atom. The fraction of sp³-hybridized carbons (Fsp3) is 0.692. The summed E-state index contributed by atoms with van der Waals surface area (Å²) >= 11 is 0. The van der Waals surface area contributed by atoms with Gasteiger partial charge < -0.3 is 0 Å². The van der Waals surface area contributed by atoms with Gasteiger partial charge in [0, 0.05) is 18.3 Å². The van der Waals surface area contributed by atoms with Gasteiger partial charge in [-0.3, -0.25) is 0 Å². The molecule has 0 radical (unpaired) electrons. The van der Waals surface area contributed by atoms with E-state index in [0.717, 1.165) is 18.1 Å². The third kappa shape index (κ3) is 3.23. The number of aryl methyl sites for hydroxylation is 1. The standard InChI is InChI=1S/C13H22N4/c1-10-5-4-6-11(2)17(10)15-9-13-7-8-14-12(3)16-13/h7-8,10-11,15H,4-6,9H2,1-3H3. The van der Waals surface area contributed by atoms with Crippen molar-refractivity contribution in [2.24, 2.45) is 0 Å². The normalized spacial score (nSPS) is 26.1. The van der Waals surface area contributed by atoms with Crippen molar-refractivity contribution < 1.29 is 0 Å². The van der Waals surface area contributed by atoms with Crippen molar-refractivity contribution in [3.8, 4) is 0 Å². The Hall–Kier alpha value is -1.00. The van der Waals surface area contributed by atoms with Gasteiger partial charge in [0.1, 0.15) is 5.82 Å². The molecule has 1 N–H and O–H groups in total. The maximum Gasteiger partial charge on any atom is 0.125 e. The molecule has 1 aliphatic heterocycles. The Kier molecular flexibility index (Phi) is 4.07. The van der Waals surface area contributed by atoms with Crippen LogP contribution in [-0.2, 0) is 6.54 Å². The molecular weight excluding hydrogens is 212 g/mol. The number of hydrazine groups is 1. The molecule has 0 aliphatic carbocycles. The molecule has 0 aromatic carbocycles. The van der Waals surface area contributed by atoms with Crippen molar-refractivity contribution in [3.05, 3.63) is 23.8 Å². The molecule has 1 aromatic rings. The van der Waals surface area contributed by atoms with E-state index in [1.54, 1.807) is 0 Å². The lowest BCUT2D eigenvalue weighted by molar-refractivity contribution is 0.0431. The van der Waals surface area contributed by atoms with Gasteiger partial charge in [-0.25, -0.2) is 20.4 Å². The summed E-state index contributed by atoms with van der Waals surface area (Å²) in [6, 6.07) is 3.20. The highest BCUT2D eigenvalue weighted by molar-refractivity contribution is 5.01. The largest absolute Gasteiger partial charge is 0.249 e. The Bertz CT molecular complexity index is 356. The highest BCUT2D eigenvalue weighted by Gasteiger charge is 2.24. The SMILES string of the molecule is Cc1nccc(CNN2C(C)CCCC2C)n1. The van der Waals surface area contributed by atoms with Gasteiger partial charge in [0.2, 0.25) is 0 Å². The molecule has 2 rings (SSSR count). The van der Waals surface area contributed by atoms with Gasteiger partial charge in [-0.05, 0) is 39.7 Å². The highest BCUT2D eigenvalue weighted by Crippen LogP contribution is 2.20. The monoisotopic (exact) mass is 234 g/mol. The lowest BCUT2D eigenvalue weighted by Crippen LogP contribution is -2.51. The van der Waals surface area contributed by atoms with E-state index in [2.05, 4.69) is 34.3 Å². The van der Waals surface area contributed by atoms with Crippen molar-refractivity contribution in [1.29, 1.82) is 0 Å². The van der Waals surface area contributed by atoms with E-state index in [0.29, 0.717) is 12.1 Å². The number of piperidine rings is 1. The molecule has 0 saturated carbocycles. The Morgan fingerprint density at radius 3 is 2.71 bits per heavy atom. The molecule has 1 fully saturated rings. The zero-order valence-electron chi connectivity index (χ0n) is 11.0. The number of hydrogen-bond donors (Lipinski definition) is 1. The van der Waals surface area contributed by atoms with Crippen LogP contribution in [0.2, 0.25) is 0 Å². The van der Waals surface area contributed by atoms with Crippen molar-refractivity contribution >= 4 is 0 Å². The van der Waals surface area contributed by atoms with Crippen LogP contribution in [0.25, 0.3) is 0 Å². The van der Waals surface area contributed by atoms with Gasteiger partial charge in [0.05, 0.1) is 12.2 Å². The summed E-state index contributed by atoms with van der Waals surface area (Å²) in [5.41, 5.74) is 4.57. The van der Waals surface area contributed by atoms with Gasteiger partial charge in [0.15, 0.2) is 0 Å². The third-order valence-corrected chi connectivity index (χ3v) is 3.47. The summed E-state index contributed by atoms with van der Waals surface area (Å²) in [6.07, 6.45) is 5.72. The van der Waals surface area contributed by atoms with Gasteiger partial charge in [-0.15, -0.1) is 0 Å². The van der Waals surface area contributed by atoms with E-state index in [-0.39, 0.29) is 0 Å². The topological polar surface area (TPSA) is 41.1 Å². The molecule has 17 heavy (non-hydrogen) atoms. The maximum absolute atomic E-state index is 4.41. The minimum Gasteiger partial charge on any atom is -0.249 e. The van der Waals surface area contributed by atoms with Gasteiger partial charge in [0.25, 0.3) is 0 Å². The van der Waals surface area contributed by atoms with E-state index >= 15 is 0 Å². The minimum atomic E-state index is 0.613. The number of nitrogens with one attached hydrogen (secondary N) is 1. The van der Waals surface area contributed by atoms with Gasteiger partial charge in [-0.1, -0.05) is 6.42 Å². The van der Waals surface area contributed by atoms with Crippen LogP contribution < -0.4 is 5.43 Å². The number of hydrogen-bond acceptors (Lipinski definition) is 4. The summed E-state index contributed by atoms with van der Waals surface area (Å²) in [7, 11) is 0. The fourth-order valence-electron chi connectivity index (χ4n) is 2.51. The summed E-state index contributed by atoms with van der Waals surface area (Å²) in [6.45, 7) is 7.29. The molecular formula is C13H22N4. The molecule has 1 saturated heterocycles. The summed E-state index contributed by atoms with van der Waals surface area (Å²) in [4.78, 5) is 8.52. The lowest BCUT2D eigenvalue weighted by Gasteiger charge is -2.39. The van der Waals surface area contributed by atoms with Crippen LogP contribution in [0.1, 0.15) is 44.6 Å². The summed E-state index contributed by atoms with van der Waals surface area (Å²) in [5, 5.41) is 2.38. The zero-order valence-corrected chi connectivity index (χ0v) is 11.0. The van der Waals surface area contributed by atoms with Crippen LogP contribution in [0, 0.1) is 6.92 Å². The molecule has 0 amide bonds. The second kappa shape index (κ2) is 5.56. The molecule has 1 aromatic heterocycles. The van der Waals surface area contributed by atoms with E-state index in [9.17, 15) is 0 Å². The second-order valence-electron chi connectivity index (χ2n) is 4.97. The van der Waals surface area contributed by atoms with Crippen LogP contribution in [0.3, 0.4) is 0 Å². The molecule has 2 unspecified atom stereocenters. The van der Waals surface area contributed by atoms with Crippen molar-refractivity contribution in [1.82, 2.24) is 20.4 Å². The van der Waals surface area contributed by atoms with Gasteiger partial charge in [-0.2, -0.15) is 0 Å². The van der Waals surface area contributed by atoms with Crippen LogP contribution in [0.5, 0.6) is 0 Å². The highest BCUT2D eigenvalue weighted by atomic mass is 15.5. The van der Waals surface area contributed by atoms with Crippen LogP contribution in [0.15, 0.2) is 12.3 Å². The molecule has 2 atom stereocenters. The predicted octanol–water partition coefficient (Wildman–Crippen LogP) is 2.05. The maximum atomic E-state index is 4.41. The number of nitrogens with zero attached hydrogens (tertiary/aromatic N) is 3. The average molecular weight is 234 g/mol. The lowest BCUT2D eigenvalue weighted by atomic mass is 10.00. The average Bonchev–Trinajstić information content (AvgIpc) is 2.28. The van der Waals surface area contributed by atoms with Crippen LogP contribution in [-0.4, -0.2) is 27.1 Å². The molecule has 4 heteroatoms. The first-order chi connectivity index (χ1) is 8.16. The molecule has 2 heterocycles. The third-order valence-electron chi connectivity index (χ3n) is 3.47. The van der Waals surface area contributed by atoms with E-state index in [4.69, 9.17) is 0 Å². The predicted molar refractivity (Wildman–Crippen MR) is 68.2 cm³/mol. The Balaban J connectivity index is 1.92.